The molecule has 7 nitrogen and oxygen atoms in total. The average molecular weight is 389 g/mol. The number of amides is 1. The van der Waals surface area contributed by atoms with Gasteiger partial charge < -0.3 is 4.74 Å². The van der Waals surface area contributed by atoms with Crippen molar-refractivity contribution in [1.82, 2.24) is 20.2 Å². The van der Waals surface area contributed by atoms with Crippen molar-refractivity contribution in [1.29, 1.82) is 0 Å². The molecule has 0 unspecified atom stereocenters. The third-order valence-corrected chi connectivity index (χ3v) is 4.71. The van der Waals surface area contributed by atoms with Gasteiger partial charge in [-0.3, -0.25) is 20.1 Å². The van der Waals surface area contributed by atoms with E-state index in [0.29, 0.717) is 23.1 Å². The lowest BCUT2D eigenvalue weighted by Crippen LogP contribution is -2.11. The van der Waals surface area contributed by atoms with E-state index in [1.54, 1.807) is 49.1 Å². The molecule has 1 aromatic carbocycles. The van der Waals surface area contributed by atoms with Crippen molar-refractivity contribution in [3.8, 4) is 16.3 Å². The van der Waals surface area contributed by atoms with E-state index in [1.807, 2.05) is 24.3 Å². The lowest BCUT2D eigenvalue weighted by molar-refractivity contribution is 0.102. The molecule has 0 saturated heterocycles. The maximum atomic E-state index is 12.4. The van der Waals surface area contributed by atoms with Crippen LogP contribution in [0.5, 0.6) is 5.75 Å². The summed E-state index contributed by atoms with van der Waals surface area (Å²) in [5.41, 5.74) is 2.39. The van der Waals surface area contributed by atoms with Crippen LogP contribution in [-0.2, 0) is 6.61 Å². The van der Waals surface area contributed by atoms with Crippen LogP contribution >= 0.6 is 11.3 Å². The second kappa shape index (κ2) is 8.36. The van der Waals surface area contributed by atoms with Gasteiger partial charge >= 0.3 is 0 Å². The predicted molar refractivity (Wildman–Crippen MR) is 106 cm³/mol. The minimum atomic E-state index is -0.253. The number of nitrogens with zero attached hydrogens (tertiary/aromatic N) is 4. The van der Waals surface area contributed by atoms with E-state index >= 15 is 0 Å². The van der Waals surface area contributed by atoms with Crippen molar-refractivity contribution in [2.24, 2.45) is 0 Å². The van der Waals surface area contributed by atoms with E-state index in [2.05, 4.69) is 25.5 Å². The van der Waals surface area contributed by atoms with Crippen LogP contribution in [0, 0.1) is 0 Å². The van der Waals surface area contributed by atoms with Gasteiger partial charge in [-0.05, 0) is 42.5 Å². The Hall–Kier alpha value is -3.65. The van der Waals surface area contributed by atoms with Crippen molar-refractivity contribution in [2.45, 2.75) is 6.61 Å². The second-order valence-electron chi connectivity index (χ2n) is 5.78. The second-order valence-corrected chi connectivity index (χ2v) is 6.75. The number of hydrogen-bond acceptors (Lipinski definition) is 7. The van der Waals surface area contributed by atoms with Crippen LogP contribution in [0.2, 0.25) is 0 Å². The highest BCUT2D eigenvalue weighted by Gasteiger charge is 2.11. The Bertz CT molecular complexity index is 1050. The van der Waals surface area contributed by atoms with Crippen molar-refractivity contribution < 1.29 is 9.53 Å². The number of carbonyl (C=O) groups is 1. The molecule has 1 N–H and O–H groups in total. The van der Waals surface area contributed by atoms with Crippen molar-refractivity contribution in [3.05, 3.63) is 84.4 Å². The van der Waals surface area contributed by atoms with Crippen LogP contribution in [-0.4, -0.2) is 26.1 Å². The third-order valence-electron chi connectivity index (χ3n) is 3.82. The first-order chi connectivity index (χ1) is 13.8. The summed E-state index contributed by atoms with van der Waals surface area (Å²) in [6, 6.07) is 14.4. The lowest BCUT2D eigenvalue weighted by Gasteiger charge is -2.07. The first kappa shape index (κ1) is 17.7. The highest BCUT2D eigenvalue weighted by Crippen LogP contribution is 2.26. The summed E-state index contributed by atoms with van der Waals surface area (Å²) in [6.07, 6.45) is 6.85. The summed E-state index contributed by atoms with van der Waals surface area (Å²) in [4.78, 5) is 20.4. The number of rotatable bonds is 6. The monoisotopic (exact) mass is 389 g/mol. The molecular formula is C20H15N5O2S. The van der Waals surface area contributed by atoms with Crippen molar-refractivity contribution >= 4 is 22.4 Å². The average Bonchev–Trinajstić information content (AvgIpc) is 3.22. The quantitative estimate of drug-likeness (QED) is 0.539. The van der Waals surface area contributed by atoms with Gasteiger partial charge in [-0.1, -0.05) is 17.4 Å². The van der Waals surface area contributed by atoms with Crippen LogP contribution in [0.4, 0.5) is 5.13 Å². The lowest BCUT2D eigenvalue weighted by atomic mass is 10.2. The number of benzene rings is 1. The highest BCUT2D eigenvalue weighted by molar-refractivity contribution is 7.18. The van der Waals surface area contributed by atoms with Crippen LogP contribution in [0.25, 0.3) is 10.6 Å². The topological polar surface area (TPSA) is 89.9 Å². The molecule has 4 rings (SSSR count). The molecule has 8 heteroatoms. The number of hydrogen-bond donors (Lipinski definition) is 1. The molecule has 0 atom stereocenters. The van der Waals surface area contributed by atoms with Crippen molar-refractivity contribution in [2.75, 3.05) is 5.32 Å². The smallest absolute Gasteiger partial charge is 0.257 e. The summed E-state index contributed by atoms with van der Waals surface area (Å²) in [6.45, 7) is 0.419. The summed E-state index contributed by atoms with van der Waals surface area (Å²) >= 11 is 1.31. The zero-order chi connectivity index (χ0) is 19.2. The van der Waals surface area contributed by atoms with Crippen LogP contribution in [0.3, 0.4) is 0 Å². The zero-order valence-electron chi connectivity index (χ0n) is 14.6. The first-order valence-electron chi connectivity index (χ1n) is 8.45. The minimum Gasteiger partial charge on any atom is -0.489 e. The van der Waals surface area contributed by atoms with E-state index in [-0.39, 0.29) is 5.91 Å². The summed E-state index contributed by atoms with van der Waals surface area (Å²) < 4.78 is 5.70. The standard InChI is InChI=1S/C20H15N5O2S/c26-18(23-20-25-24-19(28-20)16-7-10-21-11-8-16)15-3-5-17(6-4-15)27-13-14-2-1-9-22-12-14/h1-12H,13H2,(H,23,25,26). The molecule has 0 spiro atoms. The Morgan fingerprint density at radius 3 is 2.54 bits per heavy atom. The molecule has 0 radical (unpaired) electrons. The maximum Gasteiger partial charge on any atom is 0.257 e. The van der Waals surface area contributed by atoms with Gasteiger partial charge in [0.2, 0.25) is 5.13 Å². The molecule has 3 aromatic heterocycles. The van der Waals surface area contributed by atoms with Gasteiger partial charge in [-0.2, -0.15) is 0 Å². The Labute approximate surface area is 165 Å². The minimum absolute atomic E-state index is 0.253. The zero-order valence-corrected chi connectivity index (χ0v) is 15.5. The van der Waals surface area contributed by atoms with Crippen LogP contribution in [0.1, 0.15) is 15.9 Å². The van der Waals surface area contributed by atoms with Gasteiger partial charge in [0.05, 0.1) is 0 Å². The Kier molecular flexibility index (Phi) is 5.30. The normalized spacial score (nSPS) is 10.4. The molecule has 138 valence electrons. The molecule has 1 amide bonds. The van der Waals surface area contributed by atoms with Crippen LogP contribution < -0.4 is 10.1 Å². The van der Waals surface area contributed by atoms with Gasteiger partial charge in [0.15, 0.2) is 0 Å². The summed E-state index contributed by atoms with van der Waals surface area (Å²) in [5, 5.41) is 12.1. The van der Waals surface area contributed by atoms with E-state index in [1.165, 1.54) is 11.3 Å². The number of carbonyl (C=O) groups excluding carboxylic acids is 1. The van der Waals surface area contributed by atoms with Gasteiger partial charge in [-0.15, -0.1) is 10.2 Å². The molecule has 0 saturated carbocycles. The molecule has 0 aliphatic heterocycles. The number of aromatic nitrogens is 4. The third kappa shape index (κ3) is 4.36. The fraction of sp³-hybridized carbons (Fsp3) is 0.0500. The maximum absolute atomic E-state index is 12.4. The van der Waals surface area contributed by atoms with E-state index in [9.17, 15) is 4.79 Å². The van der Waals surface area contributed by atoms with E-state index in [0.717, 1.165) is 16.1 Å². The first-order valence-corrected chi connectivity index (χ1v) is 9.26. The predicted octanol–water partition coefficient (Wildman–Crippen LogP) is 3.83. The molecule has 4 aromatic rings. The number of ether oxygens (including phenoxy) is 1. The van der Waals surface area contributed by atoms with E-state index in [4.69, 9.17) is 4.74 Å². The number of nitrogens with one attached hydrogen (secondary N) is 1. The van der Waals surface area contributed by atoms with Crippen LogP contribution in [0.15, 0.2) is 73.3 Å². The van der Waals surface area contributed by atoms with E-state index < -0.39 is 0 Å². The molecule has 3 heterocycles. The van der Waals surface area contributed by atoms with Gasteiger partial charge in [0.1, 0.15) is 17.4 Å². The fourth-order valence-corrected chi connectivity index (χ4v) is 3.15. The molecule has 0 bridgehead atoms. The Morgan fingerprint density at radius 2 is 1.79 bits per heavy atom. The largest absolute Gasteiger partial charge is 0.489 e. The molecular weight excluding hydrogens is 374 g/mol. The number of anilines is 1. The highest BCUT2D eigenvalue weighted by atomic mass is 32.1. The molecule has 0 aliphatic carbocycles. The fourth-order valence-electron chi connectivity index (χ4n) is 2.41. The summed E-state index contributed by atoms with van der Waals surface area (Å²) in [5.74, 6) is 0.424. The Morgan fingerprint density at radius 1 is 0.964 bits per heavy atom. The van der Waals surface area contributed by atoms with Gasteiger partial charge in [0.25, 0.3) is 5.91 Å². The summed E-state index contributed by atoms with van der Waals surface area (Å²) in [7, 11) is 0. The SMILES string of the molecule is O=C(Nc1nnc(-c2ccncc2)s1)c1ccc(OCc2cccnc2)cc1. The molecule has 0 aliphatic rings. The van der Waals surface area contributed by atoms with Gasteiger partial charge in [-0.25, -0.2) is 0 Å². The molecule has 28 heavy (non-hydrogen) atoms. The Balaban J connectivity index is 1.37. The van der Waals surface area contributed by atoms with Crippen molar-refractivity contribution in [3.63, 3.8) is 0 Å². The number of pyridine rings is 2. The molecule has 0 fully saturated rings. The van der Waals surface area contributed by atoms with Gasteiger partial charge in [0, 0.05) is 41.5 Å².